The van der Waals surface area contributed by atoms with Crippen molar-refractivity contribution >= 4 is 11.8 Å². The molecule has 2 aliphatic rings. The van der Waals surface area contributed by atoms with Crippen molar-refractivity contribution < 1.29 is 24.0 Å². The number of rotatable bonds is 2. The van der Waals surface area contributed by atoms with Gasteiger partial charge in [0.15, 0.2) is 11.5 Å². The highest BCUT2D eigenvalue weighted by molar-refractivity contribution is 5.80. The molecule has 0 spiro atoms. The van der Waals surface area contributed by atoms with Crippen LogP contribution in [0.2, 0.25) is 0 Å². The number of carbonyl (C=O) groups excluding carboxylic acids is 2. The fraction of sp³-hybridized carbons (Fsp3) is 0.320. The molecule has 5 rings (SSSR count). The van der Waals surface area contributed by atoms with E-state index in [1.807, 2.05) is 31.2 Å². The predicted molar refractivity (Wildman–Crippen MR) is 119 cm³/mol. The van der Waals surface area contributed by atoms with Crippen LogP contribution in [0, 0.1) is 6.92 Å². The zero-order chi connectivity index (χ0) is 22.9. The molecule has 2 amide bonds. The zero-order valence-electron chi connectivity index (χ0n) is 18.3. The molecule has 1 saturated heterocycles. The lowest BCUT2D eigenvalue weighted by molar-refractivity contribution is -0.130. The second-order valence-electron chi connectivity index (χ2n) is 8.67. The fourth-order valence-corrected chi connectivity index (χ4v) is 4.52. The maximum atomic E-state index is 13.0. The Morgan fingerprint density at radius 3 is 2.88 bits per heavy atom. The Morgan fingerprint density at radius 2 is 2.06 bits per heavy atom. The van der Waals surface area contributed by atoms with Gasteiger partial charge >= 0.3 is 0 Å². The molecular weight excluding hydrogens is 422 g/mol. The van der Waals surface area contributed by atoms with E-state index >= 15 is 0 Å². The highest BCUT2D eigenvalue weighted by atomic mass is 16.5. The van der Waals surface area contributed by atoms with E-state index in [-0.39, 0.29) is 35.9 Å². The van der Waals surface area contributed by atoms with E-state index in [9.17, 15) is 14.7 Å². The van der Waals surface area contributed by atoms with Gasteiger partial charge in [0.1, 0.15) is 11.5 Å². The number of hydrogen-bond acceptors (Lipinski definition) is 6. The van der Waals surface area contributed by atoms with Gasteiger partial charge in [0.05, 0.1) is 18.2 Å². The maximum Gasteiger partial charge on any atom is 0.230 e. The summed E-state index contributed by atoms with van der Waals surface area (Å²) < 4.78 is 11.2. The molecule has 0 saturated carbocycles. The van der Waals surface area contributed by atoms with Crippen LogP contribution in [0.15, 0.2) is 53.1 Å². The number of benzene rings is 2. The zero-order valence-corrected chi connectivity index (χ0v) is 18.3. The van der Waals surface area contributed by atoms with Crippen molar-refractivity contribution in [1.82, 2.24) is 15.4 Å². The highest BCUT2D eigenvalue weighted by Crippen LogP contribution is 2.35. The Morgan fingerprint density at radius 1 is 1.18 bits per heavy atom. The first-order chi connectivity index (χ1) is 15.9. The number of amides is 2. The molecule has 170 valence electrons. The molecule has 0 aliphatic carbocycles. The van der Waals surface area contributed by atoms with Gasteiger partial charge in [-0.2, -0.15) is 0 Å². The summed E-state index contributed by atoms with van der Waals surface area (Å²) in [7, 11) is 0. The number of nitrogens with one attached hydrogen (secondary N) is 1. The van der Waals surface area contributed by atoms with E-state index in [0.717, 1.165) is 16.8 Å². The molecule has 2 aromatic carbocycles. The summed E-state index contributed by atoms with van der Waals surface area (Å²) in [5.74, 6) is 1.28. The molecule has 8 nitrogen and oxygen atoms in total. The molecule has 3 heterocycles. The number of likely N-dealkylation sites (tertiary alicyclic amines) is 1. The molecule has 33 heavy (non-hydrogen) atoms. The normalized spacial score (nSPS) is 20.0. The van der Waals surface area contributed by atoms with Crippen LogP contribution in [0.5, 0.6) is 17.2 Å². The third-order valence-electron chi connectivity index (χ3n) is 6.20. The van der Waals surface area contributed by atoms with Gasteiger partial charge in [-0.1, -0.05) is 23.4 Å². The van der Waals surface area contributed by atoms with Crippen molar-refractivity contribution in [3.05, 3.63) is 71.1 Å². The molecule has 1 aromatic heterocycles. The number of aryl methyl sites for hydroxylation is 2. The lowest BCUT2D eigenvalue weighted by Gasteiger charge is -2.20. The number of fused-ring (bicyclic) bond motifs is 6. The minimum atomic E-state index is -0.217. The third kappa shape index (κ3) is 4.55. The SMILES string of the molecule is Cc1cc(CC(=O)N2C[C@H]3NC(=O)CCc4ccc(O)c(c4)Oc4cccc(c4)[C@@H]3C2)on1. The molecular formula is C25H25N3O5. The van der Waals surface area contributed by atoms with E-state index in [0.29, 0.717) is 43.2 Å². The molecule has 3 aromatic rings. The maximum absolute atomic E-state index is 13.0. The van der Waals surface area contributed by atoms with Crippen molar-refractivity contribution in [3.63, 3.8) is 0 Å². The van der Waals surface area contributed by atoms with Crippen molar-refractivity contribution in [3.8, 4) is 17.2 Å². The Hall–Kier alpha value is -3.81. The van der Waals surface area contributed by atoms with Crippen molar-refractivity contribution in [2.45, 2.75) is 38.1 Å². The lowest BCUT2D eigenvalue weighted by Crippen LogP contribution is -2.40. The van der Waals surface area contributed by atoms with Crippen LogP contribution < -0.4 is 10.1 Å². The standard InChI is InChI=1S/C25H25N3O5/c1-15-9-19(33-27-15)12-25(31)28-13-20-17-3-2-4-18(11-17)32-23-10-16(5-7-22(23)29)6-8-24(30)26-21(20)14-28/h2-5,7,9-11,20-21,29H,6,8,12-14H2,1H3,(H,26,30)/t20-,21+/m0/s1. The smallest absolute Gasteiger partial charge is 0.230 e. The van der Waals surface area contributed by atoms with Gasteiger partial charge in [0.2, 0.25) is 11.8 Å². The topological polar surface area (TPSA) is 105 Å². The van der Waals surface area contributed by atoms with Crippen LogP contribution in [-0.2, 0) is 22.4 Å². The first-order valence-corrected chi connectivity index (χ1v) is 11.0. The molecule has 2 N–H and O–H groups in total. The van der Waals surface area contributed by atoms with Crippen LogP contribution in [0.4, 0.5) is 0 Å². The summed E-state index contributed by atoms with van der Waals surface area (Å²) in [4.78, 5) is 27.5. The first kappa shape index (κ1) is 21.1. The van der Waals surface area contributed by atoms with Gasteiger partial charge < -0.3 is 24.6 Å². The van der Waals surface area contributed by atoms with Crippen LogP contribution >= 0.6 is 0 Å². The summed E-state index contributed by atoms with van der Waals surface area (Å²) in [5, 5.41) is 17.2. The Bertz CT molecular complexity index is 1200. The van der Waals surface area contributed by atoms with Crippen LogP contribution in [0.25, 0.3) is 0 Å². The van der Waals surface area contributed by atoms with Crippen LogP contribution in [0.1, 0.15) is 34.9 Å². The molecule has 2 aliphatic heterocycles. The average molecular weight is 447 g/mol. The molecule has 0 radical (unpaired) electrons. The number of nitrogens with zero attached hydrogens (tertiary/aromatic N) is 2. The number of aromatic nitrogens is 1. The van der Waals surface area contributed by atoms with E-state index in [1.165, 1.54) is 0 Å². The lowest BCUT2D eigenvalue weighted by atomic mass is 9.94. The summed E-state index contributed by atoms with van der Waals surface area (Å²) in [5.41, 5.74) is 2.59. The van der Waals surface area contributed by atoms with Gasteiger partial charge in [0, 0.05) is 31.5 Å². The second-order valence-corrected chi connectivity index (χ2v) is 8.67. The largest absolute Gasteiger partial charge is 0.504 e. The van der Waals surface area contributed by atoms with Gasteiger partial charge in [0.25, 0.3) is 0 Å². The predicted octanol–water partition coefficient (Wildman–Crippen LogP) is 3.08. The molecule has 0 unspecified atom stereocenters. The molecule has 2 atom stereocenters. The van der Waals surface area contributed by atoms with Gasteiger partial charge in [-0.05, 0) is 48.7 Å². The average Bonchev–Trinajstić information content (AvgIpc) is 3.40. The molecule has 8 heteroatoms. The number of carbonyl (C=O) groups is 2. The van der Waals surface area contributed by atoms with Gasteiger partial charge in [-0.25, -0.2) is 0 Å². The van der Waals surface area contributed by atoms with E-state index < -0.39 is 0 Å². The van der Waals surface area contributed by atoms with E-state index in [1.54, 1.807) is 29.2 Å². The third-order valence-corrected chi connectivity index (χ3v) is 6.20. The monoisotopic (exact) mass is 447 g/mol. The van der Waals surface area contributed by atoms with Gasteiger partial charge in [-0.3, -0.25) is 9.59 Å². The van der Waals surface area contributed by atoms with Gasteiger partial charge in [-0.15, -0.1) is 0 Å². The van der Waals surface area contributed by atoms with Crippen molar-refractivity contribution in [2.24, 2.45) is 0 Å². The second kappa shape index (κ2) is 8.61. The minimum absolute atomic E-state index is 0.0432. The number of ether oxygens (including phenoxy) is 1. The number of aromatic hydroxyl groups is 1. The summed E-state index contributed by atoms with van der Waals surface area (Å²) >= 11 is 0. The summed E-state index contributed by atoms with van der Waals surface area (Å²) in [6.07, 6.45) is 0.951. The molecule has 4 bridgehead atoms. The minimum Gasteiger partial charge on any atom is -0.504 e. The number of hydrogen-bond donors (Lipinski definition) is 2. The van der Waals surface area contributed by atoms with Crippen LogP contribution in [-0.4, -0.2) is 46.1 Å². The number of phenolic OH excluding ortho intramolecular Hbond substituents is 1. The van der Waals surface area contributed by atoms with E-state index in [2.05, 4.69) is 10.5 Å². The fourth-order valence-electron chi connectivity index (χ4n) is 4.52. The first-order valence-electron chi connectivity index (χ1n) is 11.0. The van der Waals surface area contributed by atoms with Crippen molar-refractivity contribution in [2.75, 3.05) is 13.1 Å². The quantitative estimate of drug-likeness (QED) is 0.626. The van der Waals surface area contributed by atoms with E-state index in [4.69, 9.17) is 9.26 Å². The van der Waals surface area contributed by atoms with Crippen LogP contribution in [0.3, 0.4) is 0 Å². The molecule has 1 fully saturated rings. The Kier molecular flexibility index (Phi) is 5.50. The summed E-state index contributed by atoms with van der Waals surface area (Å²) in [6.45, 7) is 2.70. The van der Waals surface area contributed by atoms with Crippen molar-refractivity contribution in [1.29, 1.82) is 0 Å². The summed E-state index contributed by atoms with van der Waals surface area (Å²) in [6, 6.07) is 14.3. The Labute approximate surface area is 191 Å². The highest BCUT2D eigenvalue weighted by Gasteiger charge is 2.37. The number of phenols is 1. The Balaban J connectivity index is 1.43.